The molecule has 0 aliphatic carbocycles. The summed E-state index contributed by atoms with van der Waals surface area (Å²) in [6, 6.07) is 9.58. The summed E-state index contributed by atoms with van der Waals surface area (Å²) in [5, 5.41) is 5.90. The van der Waals surface area contributed by atoms with Gasteiger partial charge in [0.25, 0.3) is 0 Å². The van der Waals surface area contributed by atoms with Gasteiger partial charge < -0.3 is 15.5 Å². The molecular weight excluding hydrogens is 304 g/mol. The van der Waals surface area contributed by atoms with E-state index in [4.69, 9.17) is 0 Å². The fourth-order valence-electron chi connectivity index (χ4n) is 2.94. The number of benzene rings is 1. The predicted molar refractivity (Wildman–Crippen MR) is 95.8 cm³/mol. The lowest BCUT2D eigenvalue weighted by molar-refractivity contribution is -0.123. The van der Waals surface area contributed by atoms with Gasteiger partial charge in [-0.25, -0.2) is 0 Å². The van der Waals surface area contributed by atoms with E-state index in [-0.39, 0.29) is 30.9 Å². The zero-order valence-electron chi connectivity index (χ0n) is 14.6. The van der Waals surface area contributed by atoms with Crippen molar-refractivity contribution < 1.29 is 9.59 Å². The highest BCUT2D eigenvalue weighted by Crippen LogP contribution is 2.09. The van der Waals surface area contributed by atoms with E-state index in [0.29, 0.717) is 0 Å². The van der Waals surface area contributed by atoms with Gasteiger partial charge in [0.2, 0.25) is 11.8 Å². The summed E-state index contributed by atoms with van der Waals surface area (Å²) in [6.07, 6.45) is 2.00. The molecule has 0 aromatic heterocycles. The number of anilines is 1. The Morgan fingerprint density at radius 1 is 1.12 bits per heavy atom. The summed E-state index contributed by atoms with van der Waals surface area (Å²) in [4.78, 5) is 28.2. The number of para-hydroxylation sites is 1. The number of nitrogens with zero attached hydrogens (tertiary/aromatic N) is 2. The second-order valence-electron chi connectivity index (χ2n) is 6.36. The van der Waals surface area contributed by atoms with Crippen molar-refractivity contribution in [3.63, 3.8) is 0 Å². The number of carbonyl (C=O) groups is 2. The van der Waals surface area contributed by atoms with Gasteiger partial charge in [0.15, 0.2) is 0 Å². The fraction of sp³-hybridized carbons (Fsp3) is 0.556. The fourth-order valence-corrected chi connectivity index (χ4v) is 2.94. The molecule has 132 valence electrons. The smallest absolute Gasteiger partial charge is 0.238 e. The highest BCUT2D eigenvalue weighted by molar-refractivity contribution is 5.92. The number of hydrogen-bond donors (Lipinski definition) is 2. The molecule has 0 unspecified atom stereocenters. The van der Waals surface area contributed by atoms with Gasteiger partial charge in [-0.3, -0.25) is 14.5 Å². The maximum Gasteiger partial charge on any atom is 0.238 e. The average molecular weight is 332 g/mol. The van der Waals surface area contributed by atoms with E-state index in [1.54, 1.807) is 11.9 Å². The largest absolute Gasteiger partial charge is 0.352 e. The van der Waals surface area contributed by atoms with Gasteiger partial charge in [0, 0.05) is 24.8 Å². The van der Waals surface area contributed by atoms with Crippen LogP contribution in [0.2, 0.25) is 0 Å². The van der Waals surface area contributed by atoms with Gasteiger partial charge in [-0.2, -0.15) is 0 Å². The van der Waals surface area contributed by atoms with Crippen LogP contribution in [0.3, 0.4) is 0 Å². The third-order valence-electron chi connectivity index (χ3n) is 4.28. The molecule has 0 bridgehead atoms. The maximum atomic E-state index is 12.1. The summed E-state index contributed by atoms with van der Waals surface area (Å²) in [6.45, 7) is 5.73. The Hall–Kier alpha value is -1.92. The number of nitrogens with one attached hydrogen (secondary N) is 2. The van der Waals surface area contributed by atoms with Crippen molar-refractivity contribution in [2.75, 3.05) is 45.1 Å². The number of likely N-dealkylation sites (tertiary alicyclic amines) is 1. The molecule has 6 nitrogen and oxygen atoms in total. The Kier molecular flexibility index (Phi) is 7.21. The standard InChI is InChI=1S/C18H28N4O2/c1-3-22-11-9-16(10-12-22)20-18(24)14-21(2)13-17(23)19-15-7-5-4-6-8-15/h4-8,16H,3,9-14H2,1-2H3,(H,19,23)(H,20,24). The number of carbonyl (C=O) groups excluding carboxylic acids is 2. The van der Waals surface area contributed by atoms with Crippen LogP contribution in [-0.2, 0) is 9.59 Å². The van der Waals surface area contributed by atoms with E-state index in [1.807, 2.05) is 30.3 Å². The average Bonchev–Trinajstić information content (AvgIpc) is 2.56. The normalized spacial score (nSPS) is 16.1. The first-order chi connectivity index (χ1) is 11.6. The van der Waals surface area contributed by atoms with E-state index in [9.17, 15) is 9.59 Å². The van der Waals surface area contributed by atoms with Crippen LogP contribution in [0.5, 0.6) is 0 Å². The molecule has 1 aromatic carbocycles. The molecule has 0 saturated carbocycles. The molecule has 1 fully saturated rings. The molecule has 1 heterocycles. The van der Waals surface area contributed by atoms with Crippen LogP contribution < -0.4 is 10.6 Å². The number of rotatable bonds is 7. The SMILES string of the molecule is CCN1CCC(NC(=O)CN(C)CC(=O)Nc2ccccc2)CC1. The van der Waals surface area contributed by atoms with Crippen molar-refractivity contribution in [2.24, 2.45) is 0 Å². The van der Waals surface area contributed by atoms with Crippen molar-refractivity contribution in [3.8, 4) is 0 Å². The van der Waals surface area contributed by atoms with Crippen molar-refractivity contribution in [3.05, 3.63) is 30.3 Å². The summed E-state index contributed by atoms with van der Waals surface area (Å²) in [5.74, 6) is -0.132. The number of hydrogen-bond acceptors (Lipinski definition) is 4. The summed E-state index contributed by atoms with van der Waals surface area (Å²) in [7, 11) is 1.78. The van der Waals surface area contributed by atoms with Gasteiger partial charge in [0.1, 0.15) is 0 Å². The molecule has 0 atom stereocenters. The molecule has 0 spiro atoms. The lowest BCUT2D eigenvalue weighted by Crippen LogP contribution is -2.47. The highest BCUT2D eigenvalue weighted by Gasteiger charge is 2.20. The van der Waals surface area contributed by atoms with Crippen molar-refractivity contribution in [1.29, 1.82) is 0 Å². The van der Waals surface area contributed by atoms with Gasteiger partial charge in [0.05, 0.1) is 13.1 Å². The third-order valence-corrected chi connectivity index (χ3v) is 4.28. The van der Waals surface area contributed by atoms with E-state index < -0.39 is 0 Å². The van der Waals surface area contributed by atoms with Gasteiger partial charge in [-0.05, 0) is 38.6 Å². The first-order valence-corrected chi connectivity index (χ1v) is 8.62. The topological polar surface area (TPSA) is 64.7 Å². The second kappa shape index (κ2) is 9.39. The number of piperidine rings is 1. The number of amides is 2. The molecule has 6 heteroatoms. The van der Waals surface area contributed by atoms with Crippen molar-refractivity contribution in [2.45, 2.75) is 25.8 Å². The molecule has 2 N–H and O–H groups in total. The summed E-state index contributed by atoms with van der Waals surface area (Å²) in [5.41, 5.74) is 0.767. The minimum absolute atomic E-state index is 0.0139. The molecule has 1 aliphatic rings. The van der Waals surface area contributed by atoms with Crippen LogP contribution in [0, 0.1) is 0 Å². The summed E-state index contributed by atoms with van der Waals surface area (Å²) >= 11 is 0. The van der Waals surface area contributed by atoms with Crippen LogP contribution >= 0.6 is 0 Å². The zero-order chi connectivity index (χ0) is 17.4. The quantitative estimate of drug-likeness (QED) is 0.786. The van der Waals surface area contributed by atoms with Crippen molar-refractivity contribution in [1.82, 2.24) is 15.1 Å². The van der Waals surface area contributed by atoms with Crippen LogP contribution in [-0.4, -0.2) is 67.4 Å². The molecule has 0 radical (unpaired) electrons. The van der Waals surface area contributed by atoms with Gasteiger partial charge >= 0.3 is 0 Å². The first kappa shape index (κ1) is 18.4. The van der Waals surface area contributed by atoms with Crippen LogP contribution in [0.15, 0.2) is 30.3 Å². The van der Waals surface area contributed by atoms with E-state index in [2.05, 4.69) is 22.5 Å². The second-order valence-corrected chi connectivity index (χ2v) is 6.36. The van der Waals surface area contributed by atoms with Gasteiger partial charge in [-0.15, -0.1) is 0 Å². The Morgan fingerprint density at radius 3 is 2.38 bits per heavy atom. The maximum absolute atomic E-state index is 12.1. The zero-order valence-corrected chi connectivity index (χ0v) is 14.6. The highest BCUT2D eigenvalue weighted by atomic mass is 16.2. The molecule has 1 aromatic rings. The van der Waals surface area contributed by atoms with Crippen LogP contribution in [0.25, 0.3) is 0 Å². The third kappa shape index (κ3) is 6.29. The molecule has 2 amide bonds. The molecule has 1 saturated heterocycles. The Morgan fingerprint density at radius 2 is 1.75 bits per heavy atom. The predicted octanol–water partition coefficient (Wildman–Crippen LogP) is 1.16. The van der Waals surface area contributed by atoms with E-state index >= 15 is 0 Å². The van der Waals surface area contributed by atoms with Crippen molar-refractivity contribution >= 4 is 17.5 Å². The lowest BCUT2D eigenvalue weighted by Gasteiger charge is -2.31. The molecule has 1 aliphatic heterocycles. The van der Waals surface area contributed by atoms with Crippen LogP contribution in [0.1, 0.15) is 19.8 Å². The minimum Gasteiger partial charge on any atom is -0.352 e. The Bertz CT molecular complexity index is 527. The summed E-state index contributed by atoms with van der Waals surface area (Å²) < 4.78 is 0. The van der Waals surface area contributed by atoms with E-state index in [1.165, 1.54) is 0 Å². The lowest BCUT2D eigenvalue weighted by atomic mass is 10.1. The Labute approximate surface area is 144 Å². The van der Waals surface area contributed by atoms with E-state index in [0.717, 1.165) is 38.2 Å². The molecular formula is C18H28N4O2. The number of likely N-dealkylation sites (N-methyl/N-ethyl adjacent to an activating group) is 1. The molecule has 2 rings (SSSR count). The minimum atomic E-state index is -0.118. The molecule has 24 heavy (non-hydrogen) atoms. The van der Waals surface area contributed by atoms with Crippen LogP contribution in [0.4, 0.5) is 5.69 Å². The monoisotopic (exact) mass is 332 g/mol. The Balaban J connectivity index is 1.67. The first-order valence-electron chi connectivity index (χ1n) is 8.62. The van der Waals surface area contributed by atoms with Gasteiger partial charge in [-0.1, -0.05) is 25.1 Å².